The number of hydrogen-bond acceptors (Lipinski definition) is 3. The molecule has 3 amide bonds. The molecule has 1 heterocycles. The SMILES string of the molecule is CC[C@@]1(c2ccc(F)cc2)NC(=O)N(CCOC)C1=O. The Bertz CT molecular complexity index is 518. The van der Waals surface area contributed by atoms with Gasteiger partial charge >= 0.3 is 6.03 Å². The topological polar surface area (TPSA) is 58.6 Å². The van der Waals surface area contributed by atoms with E-state index in [1.807, 2.05) is 0 Å². The van der Waals surface area contributed by atoms with Gasteiger partial charge in [-0.2, -0.15) is 0 Å². The summed E-state index contributed by atoms with van der Waals surface area (Å²) >= 11 is 0. The van der Waals surface area contributed by atoms with E-state index in [2.05, 4.69) is 5.32 Å². The molecule has 1 aromatic carbocycles. The predicted molar refractivity (Wildman–Crippen MR) is 70.5 cm³/mol. The lowest BCUT2D eigenvalue weighted by atomic mass is 9.87. The van der Waals surface area contributed by atoms with Crippen LogP contribution < -0.4 is 5.32 Å². The van der Waals surface area contributed by atoms with Crippen LogP contribution >= 0.6 is 0 Å². The van der Waals surface area contributed by atoms with Crippen LogP contribution in [-0.2, 0) is 15.1 Å². The zero-order valence-electron chi connectivity index (χ0n) is 11.5. The molecule has 6 heteroatoms. The average Bonchev–Trinajstić information content (AvgIpc) is 2.69. The smallest absolute Gasteiger partial charge is 0.325 e. The molecular formula is C14H17FN2O3. The number of nitrogens with zero attached hydrogens (tertiary/aromatic N) is 1. The normalized spacial score (nSPS) is 22.2. The van der Waals surface area contributed by atoms with Crippen LogP contribution in [-0.4, -0.2) is 37.1 Å². The molecule has 1 aliphatic rings. The third kappa shape index (κ3) is 2.27. The van der Waals surface area contributed by atoms with Crippen LogP contribution in [0.2, 0.25) is 0 Å². The van der Waals surface area contributed by atoms with Crippen molar-refractivity contribution in [2.75, 3.05) is 20.3 Å². The lowest BCUT2D eigenvalue weighted by Crippen LogP contribution is -2.43. The molecule has 0 saturated carbocycles. The van der Waals surface area contributed by atoms with Crippen molar-refractivity contribution in [2.45, 2.75) is 18.9 Å². The molecule has 0 aromatic heterocycles. The minimum atomic E-state index is -1.11. The lowest BCUT2D eigenvalue weighted by molar-refractivity contribution is -0.132. The van der Waals surface area contributed by atoms with Crippen molar-refractivity contribution in [3.05, 3.63) is 35.6 Å². The van der Waals surface area contributed by atoms with Gasteiger partial charge in [0.1, 0.15) is 11.4 Å². The Balaban J connectivity index is 2.34. The van der Waals surface area contributed by atoms with E-state index < -0.39 is 11.6 Å². The number of methoxy groups -OCH3 is 1. The maximum Gasteiger partial charge on any atom is 0.325 e. The molecule has 1 aromatic rings. The van der Waals surface area contributed by atoms with Crippen LogP contribution in [0.1, 0.15) is 18.9 Å². The summed E-state index contributed by atoms with van der Waals surface area (Å²) in [5, 5.41) is 2.72. The van der Waals surface area contributed by atoms with Crippen LogP contribution in [0.4, 0.5) is 9.18 Å². The molecular weight excluding hydrogens is 263 g/mol. The van der Waals surface area contributed by atoms with E-state index in [0.29, 0.717) is 12.0 Å². The van der Waals surface area contributed by atoms with E-state index in [9.17, 15) is 14.0 Å². The van der Waals surface area contributed by atoms with Crippen LogP contribution in [0.3, 0.4) is 0 Å². The maximum absolute atomic E-state index is 13.0. The Morgan fingerprint density at radius 3 is 2.50 bits per heavy atom. The van der Waals surface area contributed by atoms with Gasteiger partial charge in [0.25, 0.3) is 5.91 Å². The van der Waals surface area contributed by atoms with Crippen LogP contribution in [0, 0.1) is 5.82 Å². The molecule has 1 atom stereocenters. The molecule has 5 nitrogen and oxygen atoms in total. The third-order valence-electron chi connectivity index (χ3n) is 3.56. The molecule has 0 aliphatic carbocycles. The standard InChI is InChI=1S/C14H17FN2O3/c1-3-14(10-4-6-11(15)7-5-10)12(18)17(8-9-20-2)13(19)16-14/h4-7H,3,8-9H2,1-2H3,(H,16,19)/t14-/m0/s1. The molecule has 20 heavy (non-hydrogen) atoms. The van der Waals surface area contributed by atoms with E-state index in [1.54, 1.807) is 6.92 Å². The highest BCUT2D eigenvalue weighted by atomic mass is 19.1. The fourth-order valence-electron chi connectivity index (χ4n) is 2.39. The average molecular weight is 280 g/mol. The van der Waals surface area contributed by atoms with Crippen molar-refractivity contribution < 1.29 is 18.7 Å². The van der Waals surface area contributed by atoms with Gasteiger partial charge in [-0.15, -0.1) is 0 Å². The Hall–Kier alpha value is -1.95. The first-order valence-corrected chi connectivity index (χ1v) is 6.44. The maximum atomic E-state index is 13.0. The zero-order valence-corrected chi connectivity index (χ0v) is 11.5. The number of hydrogen-bond donors (Lipinski definition) is 1. The summed E-state index contributed by atoms with van der Waals surface area (Å²) in [4.78, 5) is 25.7. The Morgan fingerprint density at radius 2 is 1.95 bits per heavy atom. The highest BCUT2D eigenvalue weighted by Crippen LogP contribution is 2.32. The number of urea groups is 1. The van der Waals surface area contributed by atoms with Gasteiger partial charge in [-0.05, 0) is 24.1 Å². The number of benzene rings is 1. The number of nitrogens with one attached hydrogen (secondary N) is 1. The van der Waals surface area contributed by atoms with Gasteiger partial charge in [0, 0.05) is 7.11 Å². The molecule has 1 aliphatic heterocycles. The van der Waals surface area contributed by atoms with Gasteiger partial charge in [-0.3, -0.25) is 9.69 Å². The molecule has 1 N–H and O–H groups in total. The molecule has 108 valence electrons. The summed E-state index contributed by atoms with van der Waals surface area (Å²) in [6.45, 7) is 2.29. The fourth-order valence-corrected chi connectivity index (χ4v) is 2.39. The lowest BCUT2D eigenvalue weighted by Gasteiger charge is -2.25. The molecule has 0 spiro atoms. The largest absolute Gasteiger partial charge is 0.383 e. The second kappa shape index (κ2) is 5.58. The second-order valence-corrected chi connectivity index (χ2v) is 4.65. The van der Waals surface area contributed by atoms with Gasteiger partial charge in [0.05, 0.1) is 13.2 Å². The number of rotatable bonds is 5. The number of imide groups is 1. The minimum absolute atomic E-state index is 0.199. The summed E-state index contributed by atoms with van der Waals surface area (Å²) in [5.74, 6) is -0.707. The highest BCUT2D eigenvalue weighted by molar-refractivity contribution is 6.07. The quantitative estimate of drug-likeness (QED) is 0.834. The molecule has 1 fully saturated rings. The van der Waals surface area contributed by atoms with E-state index in [1.165, 1.54) is 31.4 Å². The summed E-state index contributed by atoms with van der Waals surface area (Å²) in [6, 6.07) is 5.17. The van der Waals surface area contributed by atoms with Crippen LogP contribution in [0.5, 0.6) is 0 Å². The summed E-state index contributed by atoms with van der Waals surface area (Å²) < 4.78 is 17.9. The van der Waals surface area contributed by atoms with Crippen molar-refractivity contribution in [3.8, 4) is 0 Å². The Kier molecular flexibility index (Phi) is 4.04. The number of carbonyl (C=O) groups is 2. The Morgan fingerprint density at radius 1 is 1.30 bits per heavy atom. The van der Waals surface area contributed by atoms with E-state index in [0.717, 1.165) is 4.90 Å². The van der Waals surface area contributed by atoms with Crippen molar-refractivity contribution in [1.82, 2.24) is 10.2 Å². The molecule has 0 bridgehead atoms. The number of carbonyl (C=O) groups excluding carboxylic acids is 2. The summed E-state index contributed by atoms with van der Waals surface area (Å²) in [5.41, 5.74) is -0.530. The predicted octanol–water partition coefficient (Wildman–Crippen LogP) is 1.63. The summed E-state index contributed by atoms with van der Waals surface area (Å²) in [7, 11) is 1.51. The van der Waals surface area contributed by atoms with E-state index in [-0.39, 0.29) is 24.9 Å². The van der Waals surface area contributed by atoms with Crippen molar-refractivity contribution in [2.24, 2.45) is 0 Å². The van der Waals surface area contributed by atoms with Crippen LogP contribution in [0.15, 0.2) is 24.3 Å². The van der Waals surface area contributed by atoms with Gasteiger partial charge in [0.2, 0.25) is 0 Å². The van der Waals surface area contributed by atoms with Crippen molar-refractivity contribution in [1.29, 1.82) is 0 Å². The van der Waals surface area contributed by atoms with Crippen molar-refractivity contribution in [3.63, 3.8) is 0 Å². The first-order valence-electron chi connectivity index (χ1n) is 6.44. The number of halogens is 1. The second-order valence-electron chi connectivity index (χ2n) is 4.65. The van der Waals surface area contributed by atoms with Gasteiger partial charge in [0.15, 0.2) is 0 Å². The molecule has 1 saturated heterocycles. The minimum Gasteiger partial charge on any atom is -0.383 e. The van der Waals surface area contributed by atoms with Gasteiger partial charge < -0.3 is 10.1 Å². The first-order chi connectivity index (χ1) is 9.55. The fraction of sp³-hybridized carbons (Fsp3) is 0.429. The van der Waals surface area contributed by atoms with Gasteiger partial charge in [-0.25, -0.2) is 9.18 Å². The molecule has 0 radical (unpaired) electrons. The molecule has 0 unspecified atom stereocenters. The van der Waals surface area contributed by atoms with Crippen LogP contribution in [0.25, 0.3) is 0 Å². The number of amides is 3. The first kappa shape index (κ1) is 14.5. The Labute approximate surface area is 116 Å². The molecule has 2 rings (SSSR count). The number of ether oxygens (including phenoxy) is 1. The van der Waals surface area contributed by atoms with Gasteiger partial charge in [-0.1, -0.05) is 19.1 Å². The van der Waals surface area contributed by atoms with Crippen molar-refractivity contribution >= 4 is 11.9 Å². The monoisotopic (exact) mass is 280 g/mol. The van der Waals surface area contributed by atoms with E-state index >= 15 is 0 Å². The third-order valence-corrected chi connectivity index (χ3v) is 3.56. The van der Waals surface area contributed by atoms with E-state index in [4.69, 9.17) is 4.74 Å². The zero-order chi connectivity index (χ0) is 14.8. The highest BCUT2D eigenvalue weighted by Gasteiger charge is 2.50. The summed E-state index contributed by atoms with van der Waals surface area (Å²) in [6.07, 6.45) is 0.396.